The van der Waals surface area contributed by atoms with Gasteiger partial charge in [-0.3, -0.25) is 0 Å². The number of hydrogen-bond donors (Lipinski definition) is 2. The quantitative estimate of drug-likeness (QED) is 0.364. The van der Waals surface area contributed by atoms with E-state index in [2.05, 4.69) is 88.2 Å². The van der Waals surface area contributed by atoms with E-state index in [1.54, 1.807) is 0 Å². The van der Waals surface area contributed by atoms with Crippen LogP contribution in [0, 0.1) is 6.92 Å². The number of hydrogen-bond acceptors (Lipinski definition) is 5. The van der Waals surface area contributed by atoms with E-state index in [0.29, 0.717) is 0 Å². The van der Waals surface area contributed by atoms with Crippen molar-refractivity contribution in [1.82, 2.24) is 14.4 Å². The predicted molar refractivity (Wildman–Crippen MR) is 139 cm³/mol. The molecular formula is C27H30N6. The van der Waals surface area contributed by atoms with Crippen LogP contribution in [0.4, 0.5) is 22.9 Å². The first-order valence-electron chi connectivity index (χ1n) is 11.7. The molecule has 0 saturated carbocycles. The van der Waals surface area contributed by atoms with E-state index in [1.807, 2.05) is 24.7 Å². The van der Waals surface area contributed by atoms with Crippen molar-refractivity contribution in [1.29, 1.82) is 0 Å². The van der Waals surface area contributed by atoms with Crippen LogP contribution in [0.1, 0.15) is 31.5 Å². The number of pyridine rings is 2. The van der Waals surface area contributed by atoms with Crippen molar-refractivity contribution in [3.8, 4) is 11.1 Å². The number of fused-ring (bicyclic) bond motifs is 2. The van der Waals surface area contributed by atoms with Gasteiger partial charge in [0.15, 0.2) is 5.65 Å². The molecule has 5 rings (SSSR count). The van der Waals surface area contributed by atoms with Crippen LogP contribution in [0.5, 0.6) is 0 Å². The Labute approximate surface area is 195 Å². The van der Waals surface area contributed by atoms with E-state index in [4.69, 9.17) is 4.98 Å². The standard InChI is InChI=1S/C27H30N6/c1-4-14-32(5-2)22-10-11-26(30-18-22)31-25-17-23(19(3)33-15-13-29-27(25)33)21-9-8-20-7-6-12-28-24(20)16-21/h6-11,13,15-18,28H,4-5,12,14H2,1-3H3,(H,30,31). The fourth-order valence-electron chi connectivity index (χ4n) is 4.50. The van der Waals surface area contributed by atoms with Crippen LogP contribution in [0.2, 0.25) is 0 Å². The largest absolute Gasteiger partial charge is 0.381 e. The lowest BCUT2D eigenvalue weighted by Gasteiger charge is -2.22. The molecule has 4 aromatic rings. The van der Waals surface area contributed by atoms with Gasteiger partial charge in [-0.15, -0.1) is 0 Å². The minimum absolute atomic E-state index is 0.809. The number of aromatic nitrogens is 3. The maximum Gasteiger partial charge on any atom is 0.160 e. The molecule has 6 nitrogen and oxygen atoms in total. The predicted octanol–water partition coefficient (Wildman–Crippen LogP) is 6.12. The fourth-order valence-corrected chi connectivity index (χ4v) is 4.50. The van der Waals surface area contributed by atoms with Gasteiger partial charge in [-0.05, 0) is 55.7 Å². The zero-order valence-electron chi connectivity index (χ0n) is 19.5. The Morgan fingerprint density at radius 3 is 2.82 bits per heavy atom. The maximum absolute atomic E-state index is 4.69. The molecule has 0 unspecified atom stereocenters. The number of nitrogens with zero attached hydrogens (tertiary/aromatic N) is 4. The van der Waals surface area contributed by atoms with Gasteiger partial charge in [0.25, 0.3) is 0 Å². The molecule has 33 heavy (non-hydrogen) atoms. The van der Waals surface area contributed by atoms with Crippen molar-refractivity contribution >= 4 is 34.6 Å². The average molecular weight is 439 g/mol. The molecule has 1 aliphatic rings. The fraction of sp³-hybridized carbons (Fsp3) is 0.259. The smallest absolute Gasteiger partial charge is 0.160 e. The van der Waals surface area contributed by atoms with Gasteiger partial charge < -0.3 is 19.9 Å². The normalized spacial score (nSPS) is 12.5. The molecule has 0 saturated heterocycles. The van der Waals surface area contributed by atoms with Gasteiger partial charge in [-0.25, -0.2) is 9.97 Å². The Bertz CT molecular complexity index is 1300. The SMILES string of the molecule is CCCN(CC)c1ccc(Nc2cc(-c3ccc4c(c3)NCC=C4)c(C)n3ccnc23)nc1. The Morgan fingerprint density at radius 2 is 2.03 bits per heavy atom. The summed E-state index contributed by atoms with van der Waals surface area (Å²) in [7, 11) is 0. The summed E-state index contributed by atoms with van der Waals surface area (Å²) in [6.45, 7) is 9.39. The molecule has 168 valence electrons. The zero-order valence-corrected chi connectivity index (χ0v) is 19.5. The lowest BCUT2D eigenvalue weighted by molar-refractivity contribution is 0.790. The Morgan fingerprint density at radius 1 is 1.12 bits per heavy atom. The first-order valence-corrected chi connectivity index (χ1v) is 11.7. The van der Waals surface area contributed by atoms with E-state index >= 15 is 0 Å². The van der Waals surface area contributed by atoms with Gasteiger partial charge in [0.05, 0.1) is 17.6 Å². The number of nitrogens with one attached hydrogen (secondary N) is 2. The van der Waals surface area contributed by atoms with Gasteiger partial charge >= 0.3 is 0 Å². The van der Waals surface area contributed by atoms with E-state index in [0.717, 1.165) is 54.6 Å². The summed E-state index contributed by atoms with van der Waals surface area (Å²) in [6.07, 6.45) is 11.2. The molecule has 0 radical (unpaired) electrons. The van der Waals surface area contributed by atoms with Crippen molar-refractivity contribution < 1.29 is 0 Å². The Kier molecular flexibility index (Phi) is 5.73. The highest BCUT2D eigenvalue weighted by Crippen LogP contribution is 2.34. The molecule has 2 N–H and O–H groups in total. The monoisotopic (exact) mass is 438 g/mol. The summed E-state index contributed by atoms with van der Waals surface area (Å²) < 4.78 is 2.14. The van der Waals surface area contributed by atoms with Crippen molar-refractivity contribution in [3.05, 3.63) is 72.3 Å². The van der Waals surface area contributed by atoms with Gasteiger partial charge in [0, 0.05) is 49.0 Å². The lowest BCUT2D eigenvalue weighted by Crippen LogP contribution is -2.23. The first kappa shape index (κ1) is 21.1. The van der Waals surface area contributed by atoms with Crippen LogP contribution in [0.15, 0.2) is 61.1 Å². The topological polar surface area (TPSA) is 57.5 Å². The third kappa shape index (κ3) is 4.04. The number of benzene rings is 1. The van der Waals surface area contributed by atoms with Gasteiger partial charge in [-0.1, -0.05) is 31.2 Å². The third-order valence-corrected chi connectivity index (χ3v) is 6.24. The van der Waals surface area contributed by atoms with E-state index < -0.39 is 0 Å². The first-order chi connectivity index (χ1) is 16.2. The number of anilines is 4. The molecule has 1 aromatic carbocycles. The summed E-state index contributed by atoms with van der Waals surface area (Å²) in [5.74, 6) is 0.809. The summed E-state index contributed by atoms with van der Waals surface area (Å²) in [4.78, 5) is 11.6. The number of aryl methyl sites for hydroxylation is 1. The van der Waals surface area contributed by atoms with Crippen LogP contribution < -0.4 is 15.5 Å². The number of rotatable bonds is 7. The van der Waals surface area contributed by atoms with Crippen LogP contribution in [0.25, 0.3) is 22.9 Å². The Hall–Kier alpha value is -3.80. The van der Waals surface area contributed by atoms with Crippen molar-refractivity contribution in [2.24, 2.45) is 0 Å². The maximum atomic E-state index is 4.69. The highest BCUT2D eigenvalue weighted by Gasteiger charge is 2.14. The molecule has 6 heteroatoms. The second-order valence-corrected chi connectivity index (χ2v) is 8.37. The van der Waals surface area contributed by atoms with Gasteiger partial charge in [-0.2, -0.15) is 0 Å². The second-order valence-electron chi connectivity index (χ2n) is 8.37. The molecule has 0 atom stereocenters. The van der Waals surface area contributed by atoms with Crippen LogP contribution in [0.3, 0.4) is 0 Å². The van der Waals surface area contributed by atoms with E-state index in [9.17, 15) is 0 Å². The molecule has 3 aromatic heterocycles. The van der Waals surface area contributed by atoms with Crippen molar-refractivity contribution in [2.75, 3.05) is 35.2 Å². The van der Waals surface area contributed by atoms with Crippen LogP contribution in [-0.4, -0.2) is 34.0 Å². The molecule has 0 aliphatic carbocycles. The molecule has 0 bridgehead atoms. The molecule has 1 aliphatic heterocycles. The van der Waals surface area contributed by atoms with Crippen LogP contribution in [-0.2, 0) is 0 Å². The molecule has 4 heterocycles. The zero-order chi connectivity index (χ0) is 22.8. The summed E-state index contributed by atoms with van der Waals surface area (Å²) in [6, 6.07) is 13.0. The lowest BCUT2D eigenvalue weighted by atomic mass is 9.99. The van der Waals surface area contributed by atoms with Crippen molar-refractivity contribution in [3.63, 3.8) is 0 Å². The summed E-state index contributed by atoms with van der Waals surface area (Å²) >= 11 is 0. The molecule has 0 fully saturated rings. The number of imidazole rings is 1. The minimum atomic E-state index is 0.809. The minimum Gasteiger partial charge on any atom is -0.381 e. The summed E-state index contributed by atoms with van der Waals surface area (Å²) in [5.41, 5.74) is 8.86. The average Bonchev–Trinajstić information content (AvgIpc) is 3.35. The highest BCUT2D eigenvalue weighted by atomic mass is 15.1. The molecular weight excluding hydrogens is 408 g/mol. The van der Waals surface area contributed by atoms with Gasteiger partial charge in [0.1, 0.15) is 5.82 Å². The van der Waals surface area contributed by atoms with Crippen LogP contribution >= 0.6 is 0 Å². The highest BCUT2D eigenvalue weighted by molar-refractivity contribution is 5.84. The summed E-state index contributed by atoms with van der Waals surface area (Å²) in [5, 5.41) is 6.98. The second kappa shape index (κ2) is 8.98. The van der Waals surface area contributed by atoms with E-state index in [1.165, 1.54) is 22.4 Å². The molecule has 0 spiro atoms. The Balaban J connectivity index is 1.51. The molecule has 0 amide bonds. The third-order valence-electron chi connectivity index (χ3n) is 6.24. The van der Waals surface area contributed by atoms with Crippen molar-refractivity contribution in [2.45, 2.75) is 27.2 Å². The van der Waals surface area contributed by atoms with Gasteiger partial charge in [0.2, 0.25) is 0 Å². The van der Waals surface area contributed by atoms with E-state index in [-0.39, 0.29) is 0 Å².